The lowest BCUT2D eigenvalue weighted by Gasteiger charge is -2.27. The number of carbonyl (C=O) groups is 5. The van der Waals surface area contributed by atoms with Crippen LogP contribution in [0.15, 0.2) is 42.5 Å². The molecular weight excluding hydrogens is 426 g/mol. The normalized spacial score (nSPS) is 18.2. The summed E-state index contributed by atoms with van der Waals surface area (Å²) < 4.78 is 5.24. The monoisotopic (exact) mass is 449 g/mol. The molecule has 2 aromatic rings. The maximum atomic E-state index is 13.1. The third kappa shape index (κ3) is 3.86. The first-order valence-corrected chi connectivity index (χ1v) is 10.4. The standard InChI is InChI=1S/C24H23N3O6/c1-24(2,13-5-4-6-15(11-13)33-3)23(32)25-14-7-8-16-17(12-14)22(31)27(21(16)30)18-9-10-19(28)26-20(18)29/h4-8,11-12,18H,9-10H2,1-3H3,(H,25,32)(H,26,28,29). The zero-order chi connectivity index (χ0) is 23.9. The first kappa shape index (κ1) is 22.2. The fourth-order valence-corrected chi connectivity index (χ4v) is 3.98. The number of nitrogens with zero attached hydrogens (tertiary/aromatic N) is 1. The van der Waals surface area contributed by atoms with Gasteiger partial charge in [-0.15, -0.1) is 0 Å². The zero-order valence-corrected chi connectivity index (χ0v) is 18.4. The maximum absolute atomic E-state index is 13.1. The van der Waals surface area contributed by atoms with Crippen LogP contribution in [0.2, 0.25) is 0 Å². The number of carbonyl (C=O) groups excluding carboxylic acids is 5. The summed E-state index contributed by atoms with van der Waals surface area (Å²) in [6.07, 6.45) is 0.124. The Morgan fingerprint density at radius 3 is 2.48 bits per heavy atom. The number of amides is 5. The topological polar surface area (TPSA) is 122 Å². The van der Waals surface area contributed by atoms with E-state index < -0.39 is 35.1 Å². The SMILES string of the molecule is COc1cccc(C(C)(C)C(=O)Nc2ccc3c(c2)C(=O)N(C2CCC(=O)NC2=O)C3=O)c1. The van der Waals surface area contributed by atoms with Gasteiger partial charge < -0.3 is 10.1 Å². The van der Waals surface area contributed by atoms with Crippen LogP contribution in [0.25, 0.3) is 0 Å². The lowest BCUT2D eigenvalue weighted by molar-refractivity contribution is -0.136. The van der Waals surface area contributed by atoms with Crippen LogP contribution < -0.4 is 15.4 Å². The molecule has 0 bridgehead atoms. The predicted octanol–water partition coefficient (Wildman–Crippen LogP) is 2.01. The van der Waals surface area contributed by atoms with Crippen molar-refractivity contribution in [1.82, 2.24) is 10.2 Å². The van der Waals surface area contributed by atoms with Crippen molar-refractivity contribution < 1.29 is 28.7 Å². The van der Waals surface area contributed by atoms with Gasteiger partial charge in [0.1, 0.15) is 11.8 Å². The Kier molecular flexibility index (Phi) is 5.49. The van der Waals surface area contributed by atoms with Crippen molar-refractivity contribution >= 4 is 35.2 Å². The van der Waals surface area contributed by atoms with E-state index in [2.05, 4.69) is 10.6 Å². The molecule has 0 saturated carbocycles. The van der Waals surface area contributed by atoms with Crippen molar-refractivity contribution in [3.63, 3.8) is 0 Å². The second kappa shape index (κ2) is 8.16. The van der Waals surface area contributed by atoms with Crippen LogP contribution in [0.4, 0.5) is 5.69 Å². The number of rotatable bonds is 5. The molecule has 1 unspecified atom stereocenters. The summed E-state index contributed by atoms with van der Waals surface area (Å²) in [5.74, 6) is -2.02. The van der Waals surface area contributed by atoms with E-state index in [9.17, 15) is 24.0 Å². The van der Waals surface area contributed by atoms with Crippen molar-refractivity contribution in [2.75, 3.05) is 12.4 Å². The number of piperidine rings is 1. The zero-order valence-electron chi connectivity index (χ0n) is 18.4. The average Bonchev–Trinajstić information content (AvgIpc) is 3.03. The van der Waals surface area contributed by atoms with E-state index in [0.717, 1.165) is 10.5 Å². The molecule has 9 nitrogen and oxygen atoms in total. The molecule has 1 saturated heterocycles. The first-order valence-electron chi connectivity index (χ1n) is 10.4. The average molecular weight is 449 g/mol. The summed E-state index contributed by atoms with van der Waals surface area (Å²) in [7, 11) is 1.55. The van der Waals surface area contributed by atoms with Crippen molar-refractivity contribution in [2.24, 2.45) is 0 Å². The number of hydrogen-bond donors (Lipinski definition) is 2. The third-order valence-corrected chi connectivity index (χ3v) is 6.06. The van der Waals surface area contributed by atoms with Gasteiger partial charge in [0, 0.05) is 12.1 Å². The quantitative estimate of drug-likeness (QED) is 0.674. The third-order valence-electron chi connectivity index (χ3n) is 6.06. The number of imide groups is 2. The minimum absolute atomic E-state index is 0.0461. The molecule has 0 spiro atoms. The Hall–Kier alpha value is -4.01. The van der Waals surface area contributed by atoms with Crippen molar-refractivity contribution in [2.45, 2.75) is 38.1 Å². The highest BCUT2D eigenvalue weighted by atomic mass is 16.5. The fraction of sp³-hybridized carbons (Fsp3) is 0.292. The van der Waals surface area contributed by atoms with Gasteiger partial charge in [-0.25, -0.2) is 0 Å². The van der Waals surface area contributed by atoms with E-state index in [1.54, 1.807) is 39.2 Å². The van der Waals surface area contributed by atoms with E-state index in [4.69, 9.17) is 4.74 Å². The van der Waals surface area contributed by atoms with Gasteiger partial charge in [0.2, 0.25) is 17.7 Å². The number of benzene rings is 2. The Morgan fingerprint density at radius 1 is 1.06 bits per heavy atom. The molecule has 0 aromatic heterocycles. The van der Waals surface area contributed by atoms with E-state index in [-0.39, 0.29) is 29.9 Å². The summed E-state index contributed by atoms with van der Waals surface area (Å²) in [6.45, 7) is 3.54. The molecule has 9 heteroatoms. The Labute approximate surface area is 190 Å². The Balaban J connectivity index is 1.56. The molecule has 2 aliphatic heterocycles. The second-order valence-electron chi connectivity index (χ2n) is 8.52. The molecule has 1 atom stereocenters. The second-order valence-corrected chi connectivity index (χ2v) is 8.52. The van der Waals surface area contributed by atoms with Crippen LogP contribution in [0.1, 0.15) is 53.0 Å². The number of methoxy groups -OCH3 is 1. The molecule has 2 aromatic carbocycles. The van der Waals surface area contributed by atoms with E-state index in [1.807, 2.05) is 6.07 Å². The molecule has 1 fully saturated rings. The van der Waals surface area contributed by atoms with Crippen molar-refractivity contribution in [3.05, 3.63) is 59.2 Å². The highest BCUT2D eigenvalue weighted by Gasteiger charge is 2.44. The largest absolute Gasteiger partial charge is 0.497 e. The Bertz CT molecular complexity index is 1200. The van der Waals surface area contributed by atoms with Crippen LogP contribution in [0, 0.1) is 0 Å². The molecule has 33 heavy (non-hydrogen) atoms. The number of ether oxygens (including phenoxy) is 1. The molecule has 5 amide bonds. The lowest BCUT2D eigenvalue weighted by Crippen LogP contribution is -2.54. The van der Waals surface area contributed by atoms with Gasteiger partial charge in [-0.2, -0.15) is 0 Å². The van der Waals surface area contributed by atoms with Gasteiger partial charge >= 0.3 is 0 Å². The smallest absolute Gasteiger partial charge is 0.262 e. The predicted molar refractivity (Wildman–Crippen MR) is 118 cm³/mol. The van der Waals surface area contributed by atoms with Gasteiger partial charge in [-0.3, -0.25) is 34.2 Å². The van der Waals surface area contributed by atoms with Gasteiger partial charge in [-0.05, 0) is 56.2 Å². The van der Waals surface area contributed by atoms with E-state index in [0.29, 0.717) is 11.4 Å². The number of hydrogen-bond acceptors (Lipinski definition) is 6. The molecule has 0 aliphatic carbocycles. The summed E-state index contributed by atoms with van der Waals surface area (Å²) in [5, 5.41) is 4.97. The van der Waals surface area contributed by atoms with Crippen LogP contribution in [0.5, 0.6) is 5.75 Å². The molecule has 0 radical (unpaired) electrons. The molecule has 2 heterocycles. The summed E-state index contributed by atoms with van der Waals surface area (Å²) >= 11 is 0. The number of fused-ring (bicyclic) bond motifs is 1. The molecule has 2 aliphatic rings. The van der Waals surface area contributed by atoms with E-state index >= 15 is 0 Å². The van der Waals surface area contributed by atoms with Gasteiger partial charge in [0.15, 0.2) is 0 Å². The molecule has 170 valence electrons. The first-order chi connectivity index (χ1) is 15.6. The highest BCUT2D eigenvalue weighted by Crippen LogP contribution is 2.31. The maximum Gasteiger partial charge on any atom is 0.262 e. The highest BCUT2D eigenvalue weighted by molar-refractivity contribution is 6.24. The van der Waals surface area contributed by atoms with Gasteiger partial charge in [-0.1, -0.05) is 12.1 Å². The summed E-state index contributed by atoms with van der Waals surface area (Å²) in [4.78, 5) is 63.3. The molecule has 2 N–H and O–H groups in total. The Morgan fingerprint density at radius 2 is 1.79 bits per heavy atom. The van der Waals surface area contributed by atoms with Crippen LogP contribution in [0.3, 0.4) is 0 Å². The van der Waals surface area contributed by atoms with Crippen molar-refractivity contribution in [1.29, 1.82) is 0 Å². The van der Waals surface area contributed by atoms with Crippen LogP contribution in [-0.4, -0.2) is 47.6 Å². The molecular formula is C24H23N3O6. The fourth-order valence-electron chi connectivity index (χ4n) is 3.98. The number of anilines is 1. The van der Waals surface area contributed by atoms with Crippen LogP contribution >= 0.6 is 0 Å². The van der Waals surface area contributed by atoms with Gasteiger partial charge in [0.25, 0.3) is 11.8 Å². The van der Waals surface area contributed by atoms with Crippen molar-refractivity contribution in [3.8, 4) is 5.75 Å². The summed E-state index contributed by atoms with van der Waals surface area (Å²) in [6, 6.07) is 10.6. The van der Waals surface area contributed by atoms with Crippen LogP contribution in [-0.2, 0) is 19.8 Å². The number of nitrogens with one attached hydrogen (secondary N) is 2. The lowest BCUT2D eigenvalue weighted by atomic mass is 9.83. The minimum atomic E-state index is -1.04. The van der Waals surface area contributed by atoms with E-state index in [1.165, 1.54) is 18.2 Å². The van der Waals surface area contributed by atoms with Gasteiger partial charge in [0.05, 0.1) is 23.7 Å². The minimum Gasteiger partial charge on any atom is -0.497 e. The molecule has 4 rings (SSSR count). The summed E-state index contributed by atoms with van der Waals surface area (Å²) in [5.41, 5.74) is 0.430.